The summed E-state index contributed by atoms with van der Waals surface area (Å²) in [5, 5.41) is 3.60. The molecule has 1 saturated carbocycles. The summed E-state index contributed by atoms with van der Waals surface area (Å²) < 4.78 is 0. The molecule has 2 N–H and O–H groups in total. The standard InChI is InChI=1S/C12H16N4/c1-2-4-10(3-1)14-7-9-5-6-13-12-11(9)15-8-16-12/h5-6,8,10,14H,1-4,7H2,(H,13,15,16). The second kappa shape index (κ2) is 4.22. The lowest BCUT2D eigenvalue weighted by Crippen LogP contribution is -2.25. The Labute approximate surface area is 94.5 Å². The molecular weight excluding hydrogens is 200 g/mol. The third kappa shape index (κ3) is 1.80. The van der Waals surface area contributed by atoms with Gasteiger partial charge in [0.1, 0.15) is 0 Å². The van der Waals surface area contributed by atoms with E-state index in [-0.39, 0.29) is 0 Å². The Bertz CT molecular complexity index is 471. The van der Waals surface area contributed by atoms with Crippen molar-refractivity contribution in [1.82, 2.24) is 20.3 Å². The van der Waals surface area contributed by atoms with Gasteiger partial charge in [-0.15, -0.1) is 0 Å². The summed E-state index contributed by atoms with van der Waals surface area (Å²) in [5.41, 5.74) is 3.13. The van der Waals surface area contributed by atoms with Crippen molar-refractivity contribution >= 4 is 11.2 Å². The van der Waals surface area contributed by atoms with E-state index in [0.29, 0.717) is 6.04 Å². The fourth-order valence-corrected chi connectivity index (χ4v) is 2.43. The lowest BCUT2D eigenvalue weighted by atomic mass is 10.2. The highest BCUT2D eigenvalue weighted by Gasteiger charge is 2.14. The van der Waals surface area contributed by atoms with Gasteiger partial charge in [0.2, 0.25) is 0 Å². The van der Waals surface area contributed by atoms with Crippen LogP contribution in [-0.2, 0) is 6.54 Å². The zero-order valence-corrected chi connectivity index (χ0v) is 9.24. The normalized spacial score (nSPS) is 17.2. The Kier molecular flexibility index (Phi) is 2.58. The predicted molar refractivity (Wildman–Crippen MR) is 63.0 cm³/mol. The molecule has 2 aromatic heterocycles. The molecule has 0 spiro atoms. The van der Waals surface area contributed by atoms with E-state index in [4.69, 9.17) is 0 Å². The van der Waals surface area contributed by atoms with Gasteiger partial charge >= 0.3 is 0 Å². The smallest absolute Gasteiger partial charge is 0.177 e. The third-order valence-electron chi connectivity index (χ3n) is 3.35. The molecule has 2 aromatic rings. The van der Waals surface area contributed by atoms with Crippen LogP contribution in [-0.4, -0.2) is 21.0 Å². The molecule has 4 nitrogen and oxygen atoms in total. The third-order valence-corrected chi connectivity index (χ3v) is 3.35. The minimum absolute atomic E-state index is 0.700. The van der Waals surface area contributed by atoms with Crippen LogP contribution in [0.3, 0.4) is 0 Å². The van der Waals surface area contributed by atoms with Crippen LogP contribution in [0.4, 0.5) is 0 Å². The first-order valence-electron chi connectivity index (χ1n) is 5.94. The van der Waals surface area contributed by atoms with Crippen molar-refractivity contribution in [2.24, 2.45) is 0 Å². The lowest BCUT2D eigenvalue weighted by molar-refractivity contribution is 0.525. The van der Waals surface area contributed by atoms with E-state index < -0.39 is 0 Å². The van der Waals surface area contributed by atoms with Crippen molar-refractivity contribution in [3.8, 4) is 0 Å². The van der Waals surface area contributed by atoms with Gasteiger partial charge in [-0.05, 0) is 24.5 Å². The van der Waals surface area contributed by atoms with Crippen molar-refractivity contribution in [1.29, 1.82) is 0 Å². The summed E-state index contributed by atoms with van der Waals surface area (Å²) in [5.74, 6) is 0. The first-order valence-corrected chi connectivity index (χ1v) is 5.94. The van der Waals surface area contributed by atoms with Gasteiger partial charge in [0.05, 0.1) is 11.8 Å². The maximum atomic E-state index is 4.21. The Morgan fingerprint density at radius 1 is 1.31 bits per heavy atom. The molecule has 0 aromatic carbocycles. The van der Waals surface area contributed by atoms with Crippen molar-refractivity contribution < 1.29 is 0 Å². The van der Waals surface area contributed by atoms with Crippen molar-refractivity contribution in [2.75, 3.05) is 0 Å². The van der Waals surface area contributed by atoms with E-state index in [1.54, 1.807) is 6.33 Å². The Balaban J connectivity index is 1.75. The minimum atomic E-state index is 0.700. The summed E-state index contributed by atoms with van der Waals surface area (Å²) in [6.07, 6.45) is 8.90. The van der Waals surface area contributed by atoms with E-state index in [2.05, 4.69) is 26.3 Å². The van der Waals surface area contributed by atoms with Gasteiger partial charge in [0.25, 0.3) is 0 Å². The average molecular weight is 216 g/mol. The fraction of sp³-hybridized carbons (Fsp3) is 0.500. The SMILES string of the molecule is c1cc(CNC2CCCC2)c2[nH]cnc2n1. The number of aromatic amines is 1. The number of hydrogen-bond acceptors (Lipinski definition) is 3. The molecule has 0 unspecified atom stereocenters. The molecule has 1 aliphatic rings. The van der Waals surface area contributed by atoms with Gasteiger partial charge in [0.15, 0.2) is 5.65 Å². The number of rotatable bonds is 3. The fourth-order valence-electron chi connectivity index (χ4n) is 2.43. The van der Waals surface area contributed by atoms with Gasteiger partial charge in [0, 0.05) is 18.8 Å². The Morgan fingerprint density at radius 2 is 2.19 bits per heavy atom. The lowest BCUT2D eigenvalue weighted by Gasteiger charge is -2.11. The van der Waals surface area contributed by atoms with E-state index in [9.17, 15) is 0 Å². The number of nitrogens with zero attached hydrogens (tertiary/aromatic N) is 2. The summed E-state index contributed by atoms with van der Waals surface area (Å²) in [6.45, 7) is 0.909. The Morgan fingerprint density at radius 3 is 3.06 bits per heavy atom. The second-order valence-electron chi connectivity index (χ2n) is 4.43. The molecule has 0 saturated heterocycles. The molecule has 16 heavy (non-hydrogen) atoms. The zero-order chi connectivity index (χ0) is 10.8. The highest BCUT2D eigenvalue weighted by atomic mass is 15.0. The molecule has 1 fully saturated rings. The first kappa shape index (κ1) is 9.78. The van der Waals surface area contributed by atoms with Crippen LogP contribution in [0.5, 0.6) is 0 Å². The predicted octanol–water partition coefficient (Wildman–Crippen LogP) is 1.99. The molecule has 4 heteroatoms. The van der Waals surface area contributed by atoms with Gasteiger partial charge in [-0.1, -0.05) is 12.8 Å². The molecule has 0 radical (unpaired) electrons. The molecule has 0 aliphatic heterocycles. The van der Waals surface area contributed by atoms with E-state index in [1.165, 1.54) is 31.2 Å². The number of H-pyrrole nitrogens is 1. The molecule has 0 atom stereocenters. The van der Waals surface area contributed by atoms with Crippen LogP contribution in [0.25, 0.3) is 11.2 Å². The first-order chi connectivity index (χ1) is 7.93. The monoisotopic (exact) mass is 216 g/mol. The van der Waals surface area contributed by atoms with Gasteiger partial charge in [-0.3, -0.25) is 0 Å². The van der Waals surface area contributed by atoms with Crippen molar-refractivity contribution in [3.05, 3.63) is 24.2 Å². The number of hydrogen-bond donors (Lipinski definition) is 2. The molecule has 84 valence electrons. The topological polar surface area (TPSA) is 53.6 Å². The molecule has 0 amide bonds. The maximum Gasteiger partial charge on any atom is 0.177 e. The molecule has 1 aliphatic carbocycles. The average Bonchev–Trinajstić information content (AvgIpc) is 2.97. The van der Waals surface area contributed by atoms with Gasteiger partial charge in [-0.2, -0.15) is 0 Å². The summed E-state index contributed by atoms with van der Waals surface area (Å²) in [7, 11) is 0. The minimum Gasteiger partial charge on any atom is -0.343 e. The van der Waals surface area contributed by atoms with Crippen LogP contribution in [0, 0.1) is 0 Å². The maximum absolute atomic E-state index is 4.21. The van der Waals surface area contributed by atoms with Crippen molar-refractivity contribution in [3.63, 3.8) is 0 Å². The van der Waals surface area contributed by atoms with Crippen LogP contribution < -0.4 is 5.32 Å². The van der Waals surface area contributed by atoms with E-state index in [1.807, 2.05) is 6.20 Å². The van der Waals surface area contributed by atoms with E-state index >= 15 is 0 Å². The van der Waals surface area contributed by atoms with Crippen LogP contribution in [0.15, 0.2) is 18.6 Å². The summed E-state index contributed by atoms with van der Waals surface area (Å²) in [4.78, 5) is 11.5. The summed E-state index contributed by atoms with van der Waals surface area (Å²) >= 11 is 0. The van der Waals surface area contributed by atoms with Gasteiger partial charge < -0.3 is 10.3 Å². The number of aromatic nitrogens is 3. The largest absolute Gasteiger partial charge is 0.343 e. The van der Waals surface area contributed by atoms with Crippen LogP contribution >= 0.6 is 0 Å². The molecule has 3 rings (SSSR count). The quantitative estimate of drug-likeness (QED) is 0.825. The number of fused-ring (bicyclic) bond motifs is 1. The second-order valence-corrected chi connectivity index (χ2v) is 4.43. The highest BCUT2D eigenvalue weighted by molar-refractivity contribution is 5.73. The van der Waals surface area contributed by atoms with E-state index in [0.717, 1.165) is 17.7 Å². The van der Waals surface area contributed by atoms with Crippen LogP contribution in [0.1, 0.15) is 31.2 Å². The Hall–Kier alpha value is -1.42. The number of imidazole rings is 1. The molecular formula is C12H16N4. The molecule has 2 heterocycles. The zero-order valence-electron chi connectivity index (χ0n) is 9.24. The van der Waals surface area contributed by atoms with Crippen LogP contribution in [0.2, 0.25) is 0 Å². The summed E-state index contributed by atoms with van der Waals surface area (Å²) in [6, 6.07) is 2.76. The van der Waals surface area contributed by atoms with Gasteiger partial charge in [-0.25, -0.2) is 9.97 Å². The number of pyridine rings is 1. The van der Waals surface area contributed by atoms with Crippen molar-refractivity contribution in [2.45, 2.75) is 38.3 Å². The molecule has 0 bridgehead atoms. The number of nitrogens with one attached hydrogen (secondary N) is 2. The highest BCUT2D eigenvalue weighted by Crippen LogP contribution is 2.19.